The number of methoxy groups -OCH3 is 2. The lowest BCUT2D eigenvalue weighted by atomic mass is 9.80. The summed E-state index contributed by atoms with van der Waals surface area (Å²) in [4.78, 5) is 0. The zero-order chi connectivity index (χ0) is 16.7. The first kappa shape index (κ1) is 16.4. The molecule has 0 aliphatic rings. The molecule has 0 amide bonds. The van der Waals surface area contributed by atoms with E-state index in [1.165, 1.54) is 0 Å². The fourth-order valence-corrected chi connectivity index (χ4v) is 2.67. The van der Waals surface area contributed by atoms with E-state index in [1.807, 2.05) is 42.5 Å². The standard InChI is InChI=1S/C19H18N2O2/c1-22-18-9-8-15(12-19(18)23-2)16(10-11-20)17(13-21)14-6-4-3-5-7-14/h3-9,12,16-17H,10H2,1-2H3/t16-,17-/m1/s1. The summed E-state index contributed by atoms with van der Waals surface area (Å²) in [5, 5.41) is 18.9. The molecule has 2 atom stereocenters. The Bertz CT molecular complexity index is 729. The van der Waals surface area contributed by atoms with E-state index in [2.05, 4.69) is 12.1 Å². The van der Waals surface area contributed by atoms with Crippen LogP contribution in [0.15, 0.2) is 48.5 Å². The Hall–Kier alpha value is -2.98. The molecule has 0 N–H and O–H groups in total. The van der Waals surface area contributed by atoms with Crippen LogP contribution in [0.3, 0.4) is 0 Å². The van der Waals surface area contributed by atoms with Gasteiger partial charge in [-0.25, -0.2) is 0 Å². The van der Waals surface area contributed by atoms with Gasteiger partial charge in [-0.2, -0.15) is 10.5 Å². The molecule has 0 aromatic heterocycles. The molecule has 23 heavy (non-hydrogen) atoms. The molecule has 2 aromatic carbocycles. The fourth-order valence-electron chi connectivity index (χ4n) is 2.67. The number of benzene rings is 2. The van der Waals surface area contributed by atoms with Crippen molar-refractivity contribution >= 4 is 0 Å². The van der Waals surface area contributed by atoms with Gasteiger partial charge < -0.3 is 9.47 Å². The van der Waals surface area contributed by atoms with Gasteiger partial charge in [-0.05, 0) is 23.3 Å². The van der Waals surface area contributed by atoms with Crippen molar-refractivity contribution in [1.29, 1.82) is 10.5 Å². The van der Waals surface area contributed by atoms with E-state index in [0.29, 0.717) is 11.5 Å². The summed E-state index contributed by atoms with van der Waals surface area (Å²) < 4.78 is 10.6. The minimum Gasteiger partial charge on any atom is -0.493 e. The second-order valence-corrected chi connectivity index (χ2v) is 5.10. The van der Waals surface area contributed by atoms with Gasteiger partial charge in [-0.15, -0.1) is 0 Å². The van der Waals surface area contributed by atoms with E-state index in [0.717, 1.165) is 11.1 Å². The van der Waals surface area contributed by atoms with Gasteiger partial charge in [0.1, 0.15) is 0 Å². The third-order valence-corrected chi connectivity index (χ3v) is 3.85. The second kappa shape index (κ2) is 7.87. The van der Waals surface area contributed by atoms with Crippen molar-refractivity contribution in [3.63, 3.8) is 0 Å². The molecule has 2 rings (SSSR count). The maximum atomic E-state index is 9.65. The summed E-state index contributed by atoms with van der Waals surface area (Å²) >= 11 is 0. The van der Waals surface area contributed by atoms with Gasteiger partial charge in [0.25, 0.3) is 0 Å². The lowest BCUT2D eigenvalue weighted by Crippen LogP contribution is -2.10. The van der Waals surface area contributed by atoms with Crippen molar-refractivity contribution in [1.82, 2.24) is 0 Å². The highest BCUT2D eigenvalue weighted by atomic mass is 16.5. The van der Waals surface area contributed by atoms with Crippen LogP contribution in [0.1, 0.15) is 29.4 Å². The molecule has 116 valence electrons. The number of nitrogens with zero attached hydrogens (tertiary/aromatic N) is 2. The SMILES string of the molecule is COc1ccc([C@@H](CC#N)[C@H](C#N)c2ccccc2)cc1OC. The van der Waals surface area contributed by atoms with Crippen LogP contribution in [0.25, 0.3) is 0 Å². The fraction of sp³-hybridized carbons (Fsp3) is 0.263. The largest absolute Gasteiger partial charge is 0.493 e. The average molecular weight is 306 g/mol. The molecule has 0 spiro atoms. The van der Waals surface area contributed by atoms with Crippen LogP contribution in [0.2, 0.25) is 0 Å². The number of hydrogen-bond donors (Lipinski definition) is 0. The van der Waals surface area contributed by atoms with Crippen molar-refractivity contribution in [2.75, 3.05) is 14.2 Å². The first-order chi connectivity index (χ1) is 11.2. The third-order valence-electron chi connectivity index (χ3n) is 3.85. The molecule has 0 aliphatic heterocycles. The molecule has 0 saturated heterocycles. The summed E-state index contributed by atoms with van der Waals surface area (Å²) in [7, 11) is 3.15. The van der Waals surface area contributed by atoms with Crippen LogP contribution < -0.4 is 9.47 Å². The van der Waals surface area contributed by atoms with Crippen LogP contribution in [-0.2, 0) is 0 Å². The van der Waals surface area contributed by atoms with Gasteiger partial charge in [-0.3, -0.25) is 0 Å². The lowest BCUT2D eigenvalue weighted by molar-refractivity contribution is 0.354. The molecule has 2 aromatic rings. The molecule has 0 fully saturated rings. The van der Waals surface area contributed by atoms with Crippen LogP contribution >= 0.6 is 0 Å². The highest BCUT2D eigenvalue weighted by Gasteiger charge is 2.25. The normalized spacial score (nSPS) is 12.5. The van der Waals surface area contributed by atoms with Crippen molar-refractivity contribution < 1.29 is 9.47 Å². The van der Waals surface area contributed by atoms with Gasteiger partial charge in [0.15, 0.2) is 11.5 Å². The number of nitriles is 2. The highest BCUT2D eigenvalue weighted by molar-refractivity contribution is 5.45. The molecule has 0 aliphatic carbocycles. The van der Waals surface area contributed by atoms with Crippen LogP contribution in [0.4, 0.5) is 0 Å². The maximum absolute atomic E-state index is 9.65. The molecule has 0 bridgehead atoms. The van der Waals surface area contributed by atoms with E-state index in [1.54, 1.807) is 20.3 Å². The van der Waals surface area contributed by atoms with Crippen LogP contribution in [0.5, 0.6) is 11.5 Å². The van der Waals surface area contributed by atoms with E-state index in [-0.39, 0.29) is 12.3 Å². The molecule has 0 radical (unpaired) electrons. The first-order valence-electron chi connectivity index (χ1n) is 7.28. The number of rotatable bonds is 6. The topological polar surface area (TPSA) is 66.0 Å². The smallest absolute Gasteiger partial charge is 0.160 e. The van der Waals surface area contributed by atoms with Crippen molar-refractivity contribution in [3.05, 3.63) is 59.7 Å². The summed E-state index contributed by atoms with van der Waals surface area (Å²) in [6.45, 7) is 0. The highest BCUT2D eigenvalue weighted by Crippen LogP contribution is 2.38. The van der Waals surface area contributed by atoms with Crippen molar-refractivity contribution in [2.45, 2.75) is 18.3 Å². The minimum absolute atomic E-state index is 0.229. The predicted octanol–water partition coefficient (Wildman–Crippen LogP) is 4.01. The number of ether oxygens (including phenoxy) is 2. The Morgan fingerprint density at radius 3 is 2.17 bits per heavy atom. The van der Waals surface area contributed by atoms with Gasteiger partial charge in [0.2, 0.25) is 0 Å². The second-order valence-electron chi connectivity index (χ2n) is 5.10. The van der Waals surface area contributed by atoms with E-state index in [9.17, 15) is 10.5 Å². The van der Waals surface area contributed by atoms with Gasteiger partial charge in [0.05, 0.1) is 32.3 Å². The third kappa shape index (κ3) is 3.62. The number of hydrogen-bond acceptors (Lipinski definition) is 4. The Morgan fingerprint density at radius 1 is 0.913 bits per heavy atom. The molecular formula is C19H18N2O2. The minimum atomic E-state index is -0.394. The molecule has 0 saturated carbocycles. The average Bonchev–Trinajstić information content (AvgIpc) is 2.62. The zero-order valence-electron chi connectivity index (χ0n) is 13.2. The Kier molecular flexibility index (Phi) is 5.61. The first-order valence-corrected chi connectivity index (χ1v) is 7.28. The van der Waals surface area contributed by atoms with Gasteiger partial charge >= 0.3 is 0 Å². The van der Waals surface area contributed by atoms with Crippen molar-refractivity contribution in [2.24, 2.45) is 0 Å². The quantitative estimate of drug-likeness (QED) is 0.808. The molecule has 4 nitrogen and oxygen atoms in total. The van der Waals surface area contributed by atoms with E-state index in [4.69, 9.17) is 9.47 Å². The molecular weight excluding hydrogens is 288 g/mol. The molecule has 0 unspecified atom stereocenters. The summed E-state index contributed by atoms with van der Waals surface area (Å²) in [5.41, 5.74) is 1.80. The summed E-state index contributed by atoms with van der Waals surface area (Å²) in [6.07, 6.45) is 0.253. The maximum Gasteiger partial charge on any atom is 0.160 e. The van der Waals surface area contributed by atoms with Crippen LogP contribution in [0, 0.1) is 22.7 Å². The van der Waals surface area contributed by atoms with Crippen LogP contribution in [-0.4, -0.2) is 14.2 Å². The predicted molar refractivity (Wildman–Crippen MR) is 87.3 cm³/mol. The molecule has 0 heterocycles. The van der Waals surface area contributed by atoms with E-state index >= 15 is 0 Å². The Morgan fingerprint density at radius 2 is 1.61 bits per heavy atom. The molecule has 4 heteroatoms. The lowest BCUT2D eigenvalue weighted by Gasteiger charge is -2.21. The van der Waals surface area contributed by atoms with E-state index < -0.39 is 5.92 Å². The Labute approximate surface area is 136 Å². The zero-order valence-corrected chi connectivity index (χ0v) is 13.2. The summed E-state index contributed by atoms with van der Waals surface area (Å²) in [6, 6.07) is 19.6. The van der Waals surface area contributed by atoms with Crippen molar-refractivity contribution in [3.8, 4) is 23.6 Å². The summed E-state index contributed by atoms with van der Waals surface area (Å²) in [5.74, 6) is 0.596. The Balaban J connectivity index is 2.46. The monoisotopic (exact) mass is 306 g/mol. The van der Waals surface area contributed by atoms with Gasteiger partial charge in [0, 0.05) is 12.3 Å². The van der Waals surface area contributed by atoms with Gasteiger partial charge in [-0.1, -0.05) is 36.4 Å².